The molecule has 0 aliphatic heterocycles. The highest BCUT2D eigenvalue weighted by atomic mass is 32.1. The van der Waals surface area contributed by atoms with Gasteiger partial charge in [0.15, 0.2) is 0 Å². The molecule has 0 bridgehead atoms. The third-order valence-corrected chi connectivity index (χ3v) is 4.77. The fourth-order valence-corrected chi connectivity index (χ4v) is 3.22. The topological polar surface area (TPSA) is 15.8 Å². The zero-order valence-corrected chi connectivity index (χ0v) is 12.8. The Morgan fingerprint density at radius 3 is 2.39 bits per heavy atom. The second kappa shape index (κ2) is 4.58. The molecule has 1 nitrogen and oxygen atoms in total. The Kier molecular flexibility index (Phi) is 3.41. The zero-order chi connectivity index (χ0) is 13.4. The molecule has 0 atom stereocenters. The van der Waals surface area contributed by atoms with Gasteiger partial charge in [-0.2, -0.15) is 0 Å². The summed E-state index contributed by atoms with van der Waals surface area (Å²) in [6, 6.07) is 6.62. The lowest BCUT2D eigenvalue weighted by molar-refractivity contribution is 0.508. The average molecular weight is 261 g/mol. The van der Waals surface area contributed by atoms with Crippen LogP contribution in [0.4, 0.5) is 0 Å². The fraction of sp³-hybridized carbons (Fsp3) is 0.500. The third kappa shape index (κ3) is 2.86. The van der Waals surface area contributed by atoms with Crippen LogP contribution in [0, 0.1) is 0 Å². The van der Waals surface area contributed by atoms with E-state index >= 15 is 0 Å². The first-order chi connectivity index (χ1) is 8.29. The number of aromatic nitrogens is 1. The van der Waals surface area contributed by atoms with E-state index in [1.165, 1.54) is 16.1 Å². The lowest BCUT2D eigenvalue weighted by atomic mass is 9.83. The molecule has 0 aromatic carbocycles. The molecule has 0 saturated carbocycles. The lowest BCUT2D eigenvalue weighted by Gasteiger charge is -2.23. The molecule has 0 aliphatic carbocycles. The Balaban J connectivity index is 2.17. The Hall–Kier alpha value is -1.02. The first kappa shape index (κ1) is 13.4. The molecule has 0 spiro atoms. The number of rotatable bonds is 3. The van der Waals surface area contributed by atoms with Gasteiger partial charge in [0.1, 0.15) is 0 Å². The molecule has 0 amide bonds. The van der Waals surface area contributed by atoms with Gasteiger partial charge < -0.3 is 4.98 Å². The predicted octanol–water partition coefficient (Wildman–Crippen LogP) is 4.89. The van der Waals surface area contributed by atoms with Crippen LogP contribution in [0.2, 0.25) is 0 Å². The molecule has 0 unspecified atom stereocenters. The van der Waals surface area contributed by atoms with Gasteiger partial charge in [-0.05, 0) is 41.0 Å². The molecule has 2 heterocycles. The molecule has 0 aliphatic rings. The van der Waals surface area contributed by atoms with Crippen LogP contribution in [0.25, 0.3) is 0 Å². The van der Waals surface area contributed by atoms with Gasteiger partial charge in [-0.25, -0.2) is 0 Å². The van der Waals surface area contributed by atoms with Crippen molar-refractivity contribution in [2.45, 2.75) is 51.9 Å². The van der Waals surface area contributed by atoms with Gasteiger partial charge >= 0.3 is 0 Å². The van der Waals surface area contributed by atoms with Crippen molar-refractivity contribution in [3.8, 4) is 0 Å². The predicted molar refractivity (Wildman–Crippen MR) is 80.5 cm³/mol. The SMILES string of the molecule is CC(C)(C)c1cc(CC(C)(C)c2ccc[nH]2)cs1. The molecule has 2 aromatic rings. The van der Waals surface area contributed by atoms with Crippen molar-refractivity contribution in [1.29, 1.82) is 0 Å². The number of hydrogen-bond acceptors (Lipinski definition) is 1. The Labute approximate surface area is 114 Å². The summed E-state index contributed by atoms with van der Waals surface area (Å²) in [6.07, 6.45) is 3.09. The molecule has 1 N–H and O–H groups in total. The quantitative estimate of drug-likeness (QED) is 0.809. The highest BCUT2D eigenvalue weighted by molar-refractivity contribution is 7.10. The Morgan fingerprint density at radius 1 is 1.17 bits per heavy atom. The van der Waals surface area contributed by atoms with E-state index in [4.69, 9.17) is 0 Å². The smallest absolute Gasteiger partial charge is 0.0207 e. The summed E-state index contributed by atoms with van der Waals surface area (Å²) in [5.41, 5.74) is 3.19. The number of H-pyrrole nitrogens is 1. The maximum Gasteiger partial charge on any atom is 0.0207 e. The van der Waals surface area contributed by atoms with E-state index in [1.807, 2.05) is 17.5 Å². The third-order valence-electron chi connectivity index (χ3n) is 3.37. The molecule has 2 rings (SSSR count). The minimum absolute atomic E-state index is 0.166. The summed E-state index contributed by atoms with van der Waals surface area (Å²) in [7, 11) is 0. The number of thiophene rings is 1. The summed E-state index contributed by atoms with van der Waals surface area (Å²) in [6.45, 7) is 11.4. The summed E-state index contributed by atoms with van der Waals surface area (Å²) < 4.78 is 0. The Bertz CT molecular complexity index is 497. The highest BCUT2D eigenvalue weighted by Gasteiger charge is 2.24. The van der Waals surface area contributed by atoms with Crippen LogP contribution in [0.3, 0.4) is 0 Å². The normalized spacial score (nSPS) is 12.9. The van der Waals surface area contributed by atoms with E-state index in [1.54, 1.807) is 0 Å². The maximum atomic E-state index is 3.34. The van der Waals surface area contributed by atoms with Crippen molar-refractivity contribution in [3.63, 3.8) is 0 Å². The Morgan fingerprint density at radius 2 is 1.89 bits per heavy atom. The summed E-state index contributed by atoms with van der Waals surface area (Å²) in [5.74, 6) is 0. The monoisotopic (exact) mass is 261 g/mol. The second-order valence-electron chi connectivity index (χ2n) is 6.71. The molecule has 2 aromatic heterocycles. The van der Waals surface area contributed by atoms with Gasteiger partial charge in [-0.1, -0.05) is 34.6 Å². The minimum atomic E-state index is 0.166. The first-order valence-electron chi connectivity index (χ1n) is 6.51. The van der Waals surface area contributed by atoms with Crippen molar-refractivity contribution >= 4 is 11.3 Å². The molecular formula is C16H23NS. The highest BCUT2D eigenvalue weighted by Crippen LogP contribution is 2.32. The van der Waals surface area contributed by atoms with Gasteiger partial charge in [0.05, 0.1) is 0 Å². The average Bonchev–Trinajstić information content (AvgIpc) is 2.83. The molecule has 2 heteroatoms. The van der Waals surface area contributed by atoms with Crippen molar-refractivity contribution in [3.05, 3.63) is 45.9 Å². The van der Waals surface area contributed by atoms with Crippen LogP contribution in [0.5, 0.6) is 0 Å². The van der Waals surface area contributed by atoms with Crippen LogP contribution in [0.1, 0.15) is 50.8 Å². The first-order valence-corrected chi connectivity index (χ1v) is 7.39. The van der Waals surface area contributed by atoms with Crippen molar-refractivity contribution in [2.75, 3.05) is 0 Å². The van der Waals surface area contributed by atoms with Gasteiger partial charge in [0.2, 0.25) is 0 Å². The second-order valence-corrected chi connectivity index (χ2v) is 7.62. The van der Waals surface area contributed by atoms with Gasteiger partial charge in [-0.3, -0.25) is 0 Å². The van der Waals surface area contributed by atoms with Crippen LogP contribution in [-0.2, 0) is 17.3 Å². The zero-order valence-electron chi connectivity index (χ0n) is 12.0. The van der Waals surface area contributed by atoms with E-state index in [-0.39, 0.29) is 10.8 Å². The van der Waals surface area contributed by atoms with E-state index < -0.39 is 0 Å². The molecular weight excluding hydrogens is 238 g/mol. The number of aromatic amines is 1. The molecule has 0 saturated heterocycles. The van der Waals surface area contributed by atoms with Gasteiger partial charge in [0, 0.05) is 22.2 Å². The van der Waals surface area contributed by atoms with Crippen LogP contribution < -0.4 is 0 Å². The van der Waals surface area contributed by atoms with E-state index in [9.17, 15) is 0 Å². The van der Waals surface area contributed by atoms with Crippen molar-refractivity contribution in [1.82, 2.24) is 4.98 Å². The standard InChI is InChI=1S/C16H23NS/c1-15(2,3)14-9-12(11-18-14)10-16(4,5)13-7-6-8-17-13/h6-9,11,17H,10H2,1-5H3. The molecule has 0 radical (unpaired) electrons. The summed E-state index contributed by atoms with van der Waals surface area (Å²) in [4.78, 5) is 4.81. The van der Waals surface area contributed by atoms with Crippen LogP contribution >= 0.6 is 11.3 Å². The summed E-state index contributed by atoms with van der Waals surface area (Å²) >= 11 is 1.88. The molecule has 98 valence electrons. The van der Waals surface area contributed by atoms with Crippen molar-refractivity contribution in [2.24, 2.45) is 0 Å². The van der Waals surface area contributed by atoms with E-state index in [0.717, 1.165) is 6.42 Å². The maximum absolute atomic E-state index is 3.34. The van der Waals surface area contributed by atoms with Crippen molar-refractivity contribution < 1.29 is 0 Å². The van der Waals surface area contributed by atoms with Gasteiger partial charge in [0.25, 0.3) is 0 Å². The summed E-state index contributed by atoms with van der Waals surface area (Å²) in [5, 5.41) is 2.31. The molecule has 18 heavy (non-hydrogen) atoms. The lowest BCUT2D eigenvalue weighted by Crippen LogP contribution is -2.20. The number of nitrogens with one attached hydrogen (secondary N) is 1. The number of hydrogen-bond donors (Lipinski definition) is 1. The largest absolute Gasteiger partial charge is 0.365 e. The molecule has 0 fully saturated rings. The van der Waals surface area contributed by atoms with E-state index in [0.29, 0.717) is 0 Å². The van der Waals surface area contributed by atoms with Gasteiger partial charge in [-0.15, -0.1) is 11.3 Å². The van der Waals surface area contributed by atoms with Crippen LogP contribution in [0.15, 0.2) is 29.8 Å². The van der Waals surface area contributed by atoms with E-state index in [2.05, 4.69) is 63.2 Å². The fourth-order valence-electron chi connectivity index (χ4n) is 2.22. The van der Waals surface area contributed by atoms with Crippen LogP contribution in [-0.4, -0.2) is 4.98 Å². The minimum Gasteiger partial charge on any atom is -0.365 e.